The predicted octanol–water partition coefficient (Wildman–Crippen LogP) is 5.80. The molecule has 0 bridgehead atoms. The Labute approximate surface area is 110 Å². The lowest BCUT2D eigenvalue weighted by atomic mass is 10.1. The van der Waals surface area contributed by atoms with Crippen molar-refractivity contribution in [2.24, 2.45) is 0 Å². The van der Waals surface area contributed by atoms with Crippen molar-refractivity contribution in [2.75, 3.05) is 0 Å². The molecule has 0 fully saturated rings. The van der Waals surface area contributed by atoms with Crippen LogP contribution >= 0.6 is 22.7 Å². The van der Waals surface area contributed by atoms with Gasteiger partial charge in [-0.05, 0) is 36.6 Å². The fraction of sp³-hybridized carbons (Fsp3) is 0.333. The summed E-state index contributed by atoms with van der Waals surface area (Å²) in [7, 11) is 0. The van der Waals surface area contributed by atoms with Crippen LogP contribution in [0.25, 0.3) is 20.2 Å². The standard InChI is InChI=1S/C15H16S2/c1-4-10-7-11-12-8-15(9(2)3)17-14(12)6-5-13(11)16-10/h5-9H,4H2,1-3H3. The summed E-state index contributed by atoms with van der Waals surface area (Å²) in [4.78, 5) is 2.99. The second-order valence-corrected chi connectivity index (χ2v) is 7.04. The Morgan fingerprint density at radius 1 is 1.00 bits per heavy atom. The number of rotatable bonds is 2. The summed E-state index contributed by atoms with van der Waals surface area (Å²) in [5.41, 5.74) is 0. The van der Waals surface area contributed by atoms with Crippen molar-refractivity contribution >= 4 is 42.8 Å². The number of thiophene rings is 2. The van der Waals surface area contributed by atoms with Gasteiger partial charge < -0.3 is 0 Å². The van der Waals surface area contributed by atoms with Crippen molar-refractivity contribution in [3.63, 3.8) is 0 Å². The van der Waals surface area contributed by atoms with E-state index in [-0.39, 0.29) is 0 Å². The Kier molecular flexibility index (Phi) is 2.72. The molecular formula is C15H16S2. The highest BCUT2D eigenvalue weighted by molar-refractivity contribution is 7.21. The van der Waals surface area contributed by atoms with Gasteiger partial charge in [-0.2, -0.15) is 0 Å². The Bertz CT molecular complexity index is 671. The van der Waals surface area contributed by atoms with Gasteiger partial charge in [0.15, 0.2) is 0 Å². The first-order valence-corrected chi connectivity index (χ1v) is 7.77. The largest absolute Gasteiger partial charge is 0.140 e. The second kappa shape index (κ2) is 4.11. The molecule has 2 aromatic heterocycles. The van der Waals surface area contributed by atoms with E-state index >= 15 is 0 Å². The number of aryl methyl sites for hydroxylation is 1. The van der Waals surface area contributed by atoms with Crippen molar-refractivity contribution in [3.05, 3.63) is 34.0 Å². The highest BCUT2D eigenvalue weighted by Gasteiger charge is 2.10. The van der Waals surface area contributed by atoms with Gasteiger partial charge in [-0.25, -0.2) is 0 Å². The van der Waals surface area contributed by atoms with Crippen molar-refractivity contribution in [1.82, 2.24) is 0 Å². The molecule has 0 N–H and O–H groups in total. The van der Waals surface area contributed by atoms with Gasteiger partial charge in [-0.1, -0.05) is 20.8 Å². The van der Waals surface area contributed by atoms with E-state index in [1.807, 2.05) is 22.7 Å². The number of hydrogen-bond acceptors (Lipinski definition) is 2. The predicted molar refractivity (Wildman–Crippen MR) is 80.7 cm³/mol. The van der Waals surface area contributed by atoms with Gasteiger partial charge in [-0.15, -0.1) is 22.7 Å². The minimum absolute atomic E-state index is 0.631. The van der Waals surface area contributed by atoms with Crippen LogP contribution in [-0.4, -0.2) is 0 Å². The van der Waals surface area contributed by atoms with Crippen LogP contribution in [0.15, 0.2) is 24.3 Å². The quantitative estimate of drug-likeness (QED) is 0.546. The van der Waals surface area contributed by atoms with Gasteiger partial charge >= 0.3 is 0 Å². The molecule has 1 aromatic carbocycles. The fourth-order valence-electron chi connectivity index (χ4n) is 2.16. The molecule has 2 heteroatoms. The lowest BCUT2D eigenvalue weighted by Crippen LogP contribution is -1.77. The molecule has 0 radical (unpaired) electrons. The zero-order valence-electron chi connectivity index (χ0n) is 10.4. The molecular weight excluding hydrogens is 244 g/mol. The van der Waals surface area contributed by atoms with E-state index < -0.39 is 0 Å². The van der Waals surface area contributed by atoms with E-state index in [4.69, 9.17) is 0 Å². The molecule has 0 saturated carbocycles. The van der Waals surface area contributed by atoms with E-state index in [0.717, 1.165) is 6.42 Å². The van der Waals surface area contributed by atoms with Gasteiger partial charge in [0, 0.05) is 29.9 Å². The summed E-state index contributed by atoms with van der Waals surface area (Å²) < 4.78 is 2.86. The molecule has 0 nitrogen and oxygen atoms in total. The topological polar surface area (TPSA) is 0 Å². The molecule has 17 heavy (non-hydrogen) atoms. The van der Waals surface area contributed by atoms with Crippen molar-refractivity contribution in [1.29, 1.82) is 0 Å². The third kappa shape index (κ3) is 1.80. The van der Waals surface area contributed by atoms with Crippen LogP contribution in [-0.2, 0) is 6.42 Å². The van der Waals surface area contributed by atoms with Crippen molar-refractivity contribution in [3.8, 4) is 0 Å². The maximum Gasteiger partial charge on any atom is 0.0352 e. The molecule has 0 saturated heterocycles. The van der Waals surface area contributed by atoms with Crippen LogP contribution in [0, 0.1) is 0 Å². The van der Waals surface area contributed by atoms with Crippen molar-refractivity contribution in [2.45, 2.75) is 33.1 Å². The number of hydrogen-bond donors (Lipinski definition) is 0. The summed E-state index contributed by atoms with van der Waals surface area (Å²) in [6.07, 6.45) is 1.14. The van der Waals surface area contributed by atoms with Crippen LogP contribution in [0.4, 0.5) is 0 Å². The van der Waals surface area contributed by atoms with Crippen LogP contribution < -0.4 is 0 Å². The van der Waals surface area contributed by atoms with Crippen LogP contribution in [0.3, 0.4) is 0 Å². The normalized spacial score (nSPS) is 12.0. The van der Waals surface area contributed by atoms with E-state index in [2.05, 4.69) is 45.0 Å². The first-order valence-electron chi connectivity index (χ1n) is 6.14. The first-order chi connectivity index (χ1) is 8.19. The third-order valence-corrected chi connectivity index (χ3v) is 5.83. The Balaban J connectivity index is 2.33. The molecule has 0 unspecified atom stereocenters. The van der Waals surface area contributed by atoms with E-state index in [1.54, 1.807) is 0 Å². The fourth-order valence-corrected chi connectivity index (χ4v) is 4.26. The van der Waals surface area contributed by atoms with Gasteiger partial charge in [0.25, 0.3) is 0 Å². The molecule has 2 heterocycles. The monoisotopic (exact) mass is 260 g/mol. The maximum absolute atomic E-state index is 2.39. The molecule has 0 atom stereocenters. The Morgan fingerprint density at radius 2 is 1.65 bits per heavy atom. The van der Waals surface area contributed by atoms with Gasteiger partial charge in [0.05, 0.1) is 0 Å². The lowest BCUT2D eigenvalue weighted by Gasteiger charge is -1.96. The summed E-state index contributed by atoms with van der Waals surface area (Å²) in [5, 5.41) is 2.90. The Morgan fingerprint density at radius 3 is 2.29 bits per heavy atom. The molecule has 88 valence electrons. The van der Waals surface area contributed by atoms with Crippen LogP contribution in [0.5, 0.6) is 0 Å². The van der Waals surface area contributed by atoms with E-state index in [1.165, 1.54) is 29.9 Å². The average Bonchev–Trinajstić information content (AvgIpc) is 2.91. The molecule has 0 aliphatic carbocycles. The summed E-state index contributed by atoms with van der Waals surface area (Å²) in [6.45, 7) is 6.77. The zero-order valence-corrected chi connectivity index (χ0v) is 12.0. The molecule has 0 amide bonds. The highest BCUT2D eigenvalue weighted by atomic mass is 32.1. The molecule has 3 rings (SSSR count). The van der Waals surface area contributed by atoms with Gasteiger partial charge in [0.1, 0.15) is 0 Å². The Hall–Kier alpha value is -0.860. The third-order valence-electron chi connectivity index (χ3n) is 3.19. The second-order valence-electron chi connectivity index (χ2n) is 4.76. The highest BCUT2D eigenvalue weighted by Crippen LogP contribution is 2.38. The SMILES string of the molecule is CCc1cc2c(ccc3sc(C(C)C)cc32)s1. The van der Waals surface area contributed by atoms with Crippen LogP contribution in [0.1, 0.15) is 36.4 Å². The zero-order chi connectivity index (χ0) is 12.0. The minimum Gasteiger partial charge on any atom is -0.140 e. The van der Waals surface area contributed by atoms with E-state index in [9.17, 15) is 0 Å². The molecule has 3 aromatic rings. The van der Waals surface area contributed by atoms with Gasteiger partial charge in [0.2, 0.25) is 0 Å². The minimum atomic E-state index is 0.631. The number of benzene rings is 1. The maximum atomic E-state index is 2.39. The summed E-state index contributed by atoms with van der Waals surface area (Å²) >= 11 is 3.88. The van der Waals surface area contributed by atoms with Gasteiger partial charge in [-0.3, -0.25) is 0 Å². The van der Waals surface area contributed by atoms with Crippen LogP contribution in [0.2, 0.25) is 0 Å². The lowest BCUT2D eigenvalue weighted by molar-refractivity contribution is 0.890. The molecule has 0 aliphatic rings. The molecule has 0 aliphatic heterocycles. The molecule has 0 spiro atoms. The van der Waals surface area contributed by atoms with E-state index in [0.29, 0.717) is 5.92 Å². The number of fused-ring (bicyclic) bond motifs is 3. The smallest absolute Gasteiger partial charge is 0.0352 e. The van der Waals surface area contributed by atoms with Crippen molar-refractivity contribution < 1.29 is 0 Å². The first kappa shape index (κ1) is 11.2. The average molecular weight is 260 g/mol. The summed E-state index contributed by atoms with van der Waals surface area (Å²) in [6, 6.07) is 9.32. The summed E-state index contributed by atoms with van der Waals surface area (Å²) in [5.74, 6) is 0.631.